The molecule has 9 nitrogen and oxygen atoms in total. The van der Waals surface area contributed by atoms with Gasteiger partial charge in [-0.3, -0.25) is 19.7 Å². The number of nitro benzene ring substituents is 1. The maximum absolute atomic E-state index is 12.6. The molecule has 0 radical (unpaired) electrons. The van der Waals surface area contributed by atoms with Crippen LogP contribution in [0.2, 0.25) is 0 Å². The minimum atomic E-state index is -0.611. The molecule has 2 amide bonds. The van der Waals surface area contributed by atoms with Crippen molar-refractivity contribution in [2.75, 3.05) is 26.8 Å². The Morgan fingerprint density at radius 2 is 2.00 bits per heavy atom. The molecule has 0 spiro atoms. The van der Waals surface area contributed by atoms with Gasteiger partial charge < -0.3 is 19.7 Å². The Bertz CT molecular complexity index is 673. The van der Waals surface area contributed by atoms with Crippen molar-refractivity contribution < 1.29 is 24.0 Å². The van der Waals surface area contributed by atoms with Crippen LogP contribution in [0.5, 0.6) is 11.5 Å². The molecule has 0 unspecified atom stereocenters. The van der Waals surface area contributed by atoms with E-state index in [-0.39, 0.29) is 54.5 Å². The first-order valence-corrected chi connectivity index (χ1v) is 7.42. The molecule has 0 aliphatic carbocycles. The lowest BCUT2D eigenvalue weighted by molar-refractivity contribution is -0.385. The highest BCUT2D eigenvalue weighted by atomic mass is 16.6. The number of ether oxygens (including phenoxy) is 2. The Hall–Kier alpha value is -2.84. The number of non-ortho nitro benzene ring substituents is 1. The minimum absolute atomic E-state index is 0.00116. The van der Waals surface area contributed by atoms with Crippen LogP contribution in [0, 0.1) is 10.1 Å². The maximum Gasteiger partial charge on any atom is 0.274 e. The van der Waals surface area contributed by atoms with Crippen molar-refractivity contribution in [3.8, 4) is 11.5 Å². The molecular formula is C15H19N3O6. The Morgan fingerprint density at radius 1 is 1.33 bits per heavy atom. The number of hydrogen-bond donors (Lipinski definition) is 1. The van der Waals surface area contributed by atoms with Crippen LogP contribution in [0.4, 0.5) is 5.69 Å². The predicted molar refractivity (Wildman–Crippen MR) is 84.3 cm³/mol. The third-order valence-electron chi connectivity index (χ3n) is 3.25. The Morgan fingerprint density at radius 3 is 2.62 bits per heavy atom. The Balaban J connectivity index is 2.29. The molecule has 9 heteroatoms. The van der Waals surface area contributed by atoms with E-state index < -0.39 is 10.8 Å². The van der Waals surface area contributed by atoms with E-state index in [1.165, 1.54) is 18.0 Å². The summed E-state index contributed by atoms with van der Waals surface area (Å²) in [5.74, 6) is -0.566. The summed E-state index contributed by atoms with van der Waals surface area (Å²) in [4.78, 5) is 36.0. The SMILES string of the molecule is CC(C)NC(=O)CN(C)C(=O)c1cc([N+](=O)[O-])cc2c1OCCO2. The normalized spacial score (nSPS) is 12.7. The second-order valence-electron chi connectivity index (χ2n) is 5.66. The van der Waals surface area contributed by atoms with Gasteiger partial charge in [-0.25, -0.2) is 0 Å². The number of rotatable bonds is 5. The molecule has 130 valence electrons. The Kier molecular flexibility index (Phi) is 5.22. The summed E-state index contributed by atoms with van der Waals surface area (Å²) in [5, 5.41) is 13.7. The van der Waals surface area contributed by atoms with E-state index in [0.29, 0.717) is 0 Å². The van der Waals surface area contributed by atoms with Gasteiger partial charge in [0.05, 0.1) is 23.1 Å². The van der Waals surface area contributed by atoms with Crippen LogP contribution in [0.25, 0.3) is 0 Å². The molecule has 0 saturated heterocycles. The molecule has 0 saturated carbocycles. The number of amides is 2. The summed E-state index contributed by atoms with van der Waals surface area (Å²) in [5.41, 5.74) is -0.277. The highest BCUT2D eigenvalue weighted by Gasteiger charge is 2.28. The van der Waals surface area contributed by atoms with E-state index in [4.69, 9.17) is 9.47 Å². The molecule has 1 aliphatic heterocycles. The standard InChI is InChI=1S/C15H19N3O6/c1-9(2)16-13(19)8-17(3)15(20)11-6-10(18(21)22)7-12-14(11)24-5-4-23-12/h6-7,9H,4-5,8H2,1-3H3,(H,16,19). The van der Waals surface area contributed by atoms with Crippen molar-refractivity contribution in [3.63, 3.8) is 0 Å². The number of hydrogen-bond acceptors (Lipinski definition) is 6. The lowest BCUT2D eigenvalue weighted by Crippen LogP contribution is -2.41. The van der Waals surface area contributed by atoms with Crippen molar-refractivity contribution in [3.05, 3.63) is 27.8 Å². The molecule has 0 bridgehead atoms. The third kappa shape index (κ3) is 3.92. The summed E-state index contributed by atoms with van der Waals surface area (Å²) in [6.07, 6.45) is 0. The van der Waals surface area contributed by atoms with Crippen LogP contribution in [0.1, 0.15) is 24.2 Å². The quantitative estimate of drug-likeness (QED) is 0.633. The molecule has 0 fully saturated rings. The number of nitrogens with one attached hydrogen (secondary N) is 1. The number of carbonyl (C=O) groups excluding carboxylic acids is 2. The second-order valence-corrected chi connectivity index (χ2v) is 5.66. The molecule has 1 aromatic rings. The van der Waals surface area contributed by atoms with Gasteiger partial charge in [-0.2, -0.15) is 0 Å². The van der Waals surface area contributed by atoms with Crippen LogP contribution in [0.3, 0.4) is 0 Å². The number of benzene rings is 1. The zero-order valence-corrected chi connectivity index (χ0v) is 13.7. The molecule has 24 heavy (non-hydrogen) atoms. The fourth-order valence-corrected chi connectivity index (χ4v) is 2.26. The number of nitro groups is 1. The van der Waals surface area contributed by atoms with Crippen molar-refractivity contribution in [2.45, 2.75) is 19.9 Å². The van der Waals surface area contributed by atoms with Crippen LogP contribution >= 0.6 is 0 Å². The summed E-state index contributed by atoms with van der Waals surface area (Å²) in [6.45, 7) is 3.93. The van der Waals surface area contributed by atoms with Gasteiger partial charge >= 0.3 is 0 Å². The average molecular weight is 337 g/mol. The number of fused-ring (bicyclic) bond motifs is 1. The van der Waals surface area contributed by atoms with Crippen molar-refractivity contribution in [1.82, 2.24) is 10.2 Å². The van der Waals surface area contributed by atoms with Gasteiger partial charge in [-0.15, -0.1) is 0 Å². The van der Waals surface area contributed by atoms with E-state index in [9.17, 15) is 19.7 Å². The van der Waals surface area contributed by atoms with E-state index >= 15 is 0 Å². The van der Waals surface area contributed by atoms with Crippen molar-refractivity contribution in [1.29, 1.82) is 0 Å². The number of nitrogens with zero attached hydrogens (tertiary/aromatic N) is 2. The summed E-state index contributed by atoms with van der Waals surface area (Å²) in [7, 11) is 1.44. The van der Waals surface area contributed by atoms with Crippen LogP contribution in [-0.2, 0) is 4.79 Å². The molecule has 1 aliphatic rings. The van der Waals surface area contributed by atoms with Gasteiger partial charge in [0, 0.05) is 19.2 Å². The molecule has 0 aromatic heterocycles. The largest absolute Gasteiger partial charge is 0.486 e. The van der Waals surface area contributed by atoms with Gasteiger partial charge in [-0.05, 0) is 13.8 Å². The zero-order valence-electron chi connectivity index (χ0n) is 13.7. The highest BCUT2D eigenvalue weighted by Crippen LogP contribution is 2.38. The molecule has 1 aromatic carbocycles. The van der Waals surface area contributed by atoms with Gasteiger partial charge in [0.25, 0.3) is 11.6 Å². The van der Waals surface area contributed by atoms with E-state index in [2.05, 4.69) is 5.32 Å². The van der Waals surface area contributed by atoms with Gasteiger partial charge in [0.15, 0.2) is 11.5 Å². The van der Waals surface area contributed by atoms with Gasteiger partial charge in [0.2, 0.25) is 5.91 Å². The number of carbonyl (C=O) groups is 2. The first-order chi connectivity index (χ1) is 11.3. The van der Waals surface area contributed by atoms with Crippen LogP contribution in [-0.4, -0.2) is 54.5 Å². The van der Waals surface area contributed by atoms with E-state index in [1.54, 1.807) is 0 Å². The number of likely N-dealkylation sites (N-methyl/N-ethyl adjacent to an activating group) is 1. The first kappa shape index (κ1) is 17.5. The van der Waals surface area contributed by atoms with Gasteiger partial charge in [0.1, 0.15) is 13.2 Å². The molecule has 2 rings (SSSR count). The third-order valence-corrected chi connectivity index (χ3v) is 3.25. The van der Waals surface area contributed by atoms with E-state index in [1.807, 2.05) is 13.8 Å². The Labute approximate surface area is 138 Å². The summed E-state index contributed by atoms with van der Waals surface area (Å²) < 4.78 is 10.8. The van der Waals surface area contributed by atoms with Crippen LogP contribution < -0.4 is 14.8 Å². The topological polar surface area (TPSA) is 111 Å². The fraction of sp³-hybridized carbons (Fsp3) is 0.467. The monoisotopic (exact) mass is 337 g/mol. The maximum atomic E-state index is 12.6. The lowest BCUT2D eigenvalue weighted by Gasteiger charge is -2.23. The van der Waals surface area contributed by atoms with Gasteiger partial charge in [-0.1, -0.05) is 0 Å². The molecule has 1 N–H and O–H groups in total. The van der Waals surface area contributed by atoms with Crippen LogP contribution in [0.15, 0.2) is 12.1 Å². The molecular weight excluding hydrogens is 318 g/mol. The fourth-order valence-electron chi connectivity index (χ4n) is 2.26. The minimum Gasteiger partial charge on any atom is -0.486 e. The lowest BCUT2D eigenvalue weighted by atomic mass is 10.1. The van der Waals surface area contributed by atoms with Crippen molar-refractivity contribution >= 4 is 17.5 Å². The summed E-state index contributed by atoms with van der Waals surface area (Å²) >= 11 is 0. The average Bonchev–Trinajstić information content (AvgIpc) is 2.52. The van der Waals surface area contributed by atoms with Crippen molar-refractivity contribution in [2.24, 2.45) is 0 Å². The predicted octanol–water partition coefficient (Wildman–Crippen LogP) is 0.963. The highest BCUT2D eigenvalue weighted by molar-refractivity contribution is 6.00. The second kappa shape index (κ2) is 7.16. The zero-order chi connectivity index (χ0) is 17.9. The summed E-state index contributed by atoms with van der Waals surface area (Å²) in [6, 6.07) is 2.30. The molecule has 0 atom stereocenters. The van der Waals surface area contributed by atoms with E-state index in [0.717, 1.165) is 6.07 Å². The molecule has 1 heterocycles. The smallest absolute Gasteiger partial charge is 0.274 e. The first-order valence-electron chi connectivity index (χ1n) is 7.42.